The van der Waals surface area contributed by atoms with Gasteiger partial charge in [0.25, 0.3) is 0 Å². The third-order valence-corrected chi connectivity index (χ3v) is 4.59. The minimum atomic E-state index is -0.592. The number of hydrogen-bond donors (Lipinski definition) is 2. The summed E-state index contributed by atoms with van der Waals surface area (Å²) >= 11 is 0. The monoisotopic (exact) mass is 304 g/mol. The van der Waals surface area contributed by atoms with Gasteiger partial charge in [0.2, 0.25) is 0 Å². The first-order chi connectivity index (χ1) is 10.3. The molecule has 5 nitrogen and oxygen atoms in total. The van der Waals surface area contributed by atoms with E-state index in [1.54, 1.807) is 4.90 Å². The van der Waals surface area contributed by atoms with Crippen molar-refractivity contribution in [3.63, 3.8) is 0 Å². The number of para-hydroxylation sites is 1. The van der Waals surface area contributed by atoms with Crippen LogP contribution in [0.4, 0.5) is 10.5 Å². The van der Waals surface area contributed by atoms with Crippen LogP contribution in [0.15, 0.2) is 24.3 Å². The lowest BCUT2D eigenvalue weighted by molar-refractivity contribution is 0.00582. The van der Waals surface area contributed by atoms with Crippen LogP contribution in [0.5, 0.6) is 0 Å². The van der Waals surface area contributed by atoms with Gasteiger partial charge in [-0.05, 0) is 45.2 Å². The molecule has 2 aliphatic heterocycles. The van der Waals surface area contributed by atoms with Crippen LogP contribution < -0.4 is 5.32 Å². The van der Waals surface area contributed by atoms with E-state index in [1.165, 1.54) is 0 Å². The summed E-state index contributed by atoms with van der Waals surface area (Å²) in [4.78, 5) is 13.9. The predicted octanol–water partition coefficient (Wildman–Crippen LogP) is 2.70. The number of aliphatic hydroxyl groups excluding tert-OH is 1. The van der Waals surface area contributed by atoms with Gasteiger partial charge in [-0.15, -0.1) is 0 Å². The standard InChI is InChI=1S/C17H24N2O3/c1-16(2,3)22-15(21)19-10-8-17(9-11-19)12-6-4-5-7-13(12)18-14(17)20/h4-7,14,18,20H,8-11H2,1-3H3/t14-/m1/s1. The van der Waals surface area contributed by atoms with E-state index in [-0.39, 0.29) is 11.5 Å². The first kappa shape index (κ1) is 15.2. The van der Waals surface area contributed by atoms with E-state index >= 15 is 0 Å². The molecule has 0 saturated carbocycles. The van der Waals surface area contributed by atoms with E-state index in [0.29, 0.717) is 13.1 Å². The molecule has 120 valence electrons. The number of rotatable bonds is 0. The fourth-order valence-corrected chi connectivity index (χ4v) is 3.43. The topological polar surface area (TPSA) is 61.8 Å². The van der Waals surface area contributed by atoms with E-state index in [1.807, 2.05) is 39.0 Å². The van der Waals surface area contributed by atoms with Crippen molar-refractivity contribution in [3.8, 4) is 0 Å². The molecular formula is C17H24N2O3. The van der Waals surface area contributed by atoms with Gasteiger partial charge in [0, 0.05) is 24.2 Å². The van der Waals surface area contributed by atoms with Gasteiger partial charge in [0.15, 0.2) is 0 Å². The van der Waals surface area contributed by atoms with Crippen molar-refractivity contribution in [2.24, 2.45) is 0 Å². The molecule has 2 N–H and O–H groups in total. The van der Waals surface area contributed by atoms with E-state index in [0.717, 1.165) is 24.1 Å². The average Bonchev–Trinajstić information content (AvgIpc) is 2.71. The van der Waals surface area contributed by atoms with Gasteiger partial charge in [-0.25, -0.2) is 4.79 Å². The number of fused-ring (bicyclic) bond motifs is 2. The maximum Gasteiger partial charge on any atom is 0.410 e. The highest BCUT2D eigenvalue weighted by Gasteiger charge is 2.48. The number of likely N-dealkylation sites (tertiary alicyclic amines) is 1. The molecular weight excluding hydrogens is 280 g/mol. The minimum absolute atomic E-state index is 0.268. The summed E-state index contributed by atoms with van der Waals surface area (Å²) in [5, 5.41) is 13.7. The SMILES string of the molecule is CC(C)(C)OC(=O)N1CCC2(CC1)c1ccccc1N[C@@H]2O. The molecule has 22 heavy (non-hydrogen) atoms. The molecule has 3 rings (SSSR count). The number of amides is 1. The van der Waals surface area contributed by atoms with Gasteiger partial charge in [0.05, 0.1) is 0 Å². The van der Waals surface area contributed by atoms with Crippen LogP contribution in [-0.4, -0.2) is 41.0 Å². The molecule has 0 aliphatic carbocycles. The second kappa shape index (κ2) is 5.16. The summed E-state index contributed by atoms with van der Waals surface area (Å²) in [6, 6.07) is 8.03. The Balaban J connectivity index is 1.73. The fraction of sp³-hybridized carbons (Fsp3) is 0.588. The van der Waals surface area contributed by atoms with Crippen molar-refractivity contribution >= 4 is 11.8 Å². The number of aliphatic hydroxyl groups is 1. The molecule has 1 spiro atoms. The Morgan fingerprint density at radius 3 is 2.59 bits per heavy atom. The normalized spacial score (nSPS) is 23.1. The number of benzene rings is 1. The molecule has 1 amide bonds. The molecule has 1 aromatic rings. The summed E-state index contributed by atoms with van der Waals surface area (Å²) in [6.07, 6.45) is 0.608. The number of ether oxygens (including phenoxy) is 1. The number of hydrogen-bond acceptors (Lipinski definition) is 4. The van der Waals surface area contributed by atoms with Crippen LogP contribution in [0.2, 0.25) is 0 Å². The van der Waals surface area contributed by atoms with Crippen molar-refractivity contribution in [1.29, 1.82) is 0 Å². The van der Waals surface area contributed by atoms with Crippen LogP contribution in [0.1, 0.15) is 39.2 Å². The largest absolute Gasteiger partial charge is 0.444 e. The van der Waals surface area contributed by atoms with E-state index < -0.39 is 11.8 Å². The summed E-state index contributed by atoms with van der Waals surface area (Å²) in [5.74, 6) is 0. The van der Waals surface area contributed by atoms with Crippen LogP contribution in [0, 0.1) is 0 Å². The molecule has 1 aromatic carbocycles. The Kier molecular flexibility index (Phi) is 3.56. The molecule has 1 fully saturated rings. The lowest BCUT2D eigenvalue weighted by atomic mass is 9.73. The minimum Gasteiger partial charge on any atom is -0.444 e. The Labute approximate surface area is 131 Å². The van der Waals surface area contributed by atoms with Gasteiger partial charge < -0.3 is 20.1 Å². The van der Waals surface area contributed by atoms with Gasteiger partial charge >= 0.3 is 6.09 Å². The molecule has 0 unspecified atom stereocenters. The van der Waals surface area contributed by atoms with Crippen LogP contribution in [0.25, 0.3) is 0 Å². The molecule has 2 heterocycles. The number of piperidine rings is 1. The molecule has 1 atom stereocenters. The number of nitrogens with zero attached hydrogens (tertiary/aromatic N) is 1. The van der Waals surface area contributed by atoms with Crippen molar-refractivity contribution in [1.82, 2.24) is 4.90 Å². The fourth-order valence-electron chi connectivity index (χ4n) is 3.43. The van der Waals surface area contributed by atoms with Crippen molar-refractivity contribution < 1.29 is 14.6 Å². The number of anilines is 1. The second-order valence-electron chi connectivity index (χ2n) is 7.22. The molecule has 1 saturated heterocycles. The first-order valence-electron chi connectivity index (χ1n) is 7.84. The van der Waals surface area contributed by atoms with Crippen LogP contribution in [0.3, 0.4) is 0 Å². The number of carbonyl (C=O) groups excluding carboxylic acids is 1. The van der Waals surface area contributed by atoms with Gasteiger partial charge in [-0.3, -0.25) is 0 Å². The third kappa shape index (κ3) is 2.54. The zero-order chi connectivity index (χ0) is 16.0. The van der Waals surface area contributed by atoms with Crippen LogP contribution >= 0.6 is 0 Å². The second-order valence-corrected chi connectivity index (χ2v) is 7.22. The predicted molar refractivity (Wildman–Crippen MR) is 84.8 cm³/mol. The smallest absolute Gasteiger partial charge is 0.410 e. The lowest BCUT2D eigenvalue weighted by Gasteiger charge is -2.41. The van der Waals surface area contributed by atoms with Crippen molar-refractivity contribution in [2.75, 3.05) is 18.4 Å². The molecule has 5 heteroatoms. The maximum atomic E-state index is 12.2. The van der Waals surface area contributed by atoms with Gasteiger partial charge in [-0.2, -0.15) is 0 Å². The Morgan fingerprint density at radius 1 is 1.32 bits per heavy atom. The zero-order valence-corrected chi connectivity index (χ0v) is 13.4. The van der Waals surface area contributed by atoms with E-state index in [2.05, 4.69) is 11.4 Å². The maximum absolute atomic E-state index is 12.2. The van der Waals surface area contributed by atoms with Crippen LogP contribution in [-0.2, 0) is 10.2 Å². The Hall–Kier alpha value is -1.75. The highest BCUT2D eigenvalue weighted by Crippen LogP contribution is 2.47. The van der Waals surface area contributed by atoms with Crippen molar-refractivity contribution in [3.05, 3.63) is 29.8 Å². The first-order valence-corrected chi connectivity index (χ1v) is 7.84. The summed E-state index contributed by atoms with van der Waals surface area (Å²) in [6.45, 7) is 6.82. The zero-order valence-electron chi connectivity index (χ0n) is 13.4. The summed E-state index contributed by atoms with van der Waals surface area (Å²) < 4.78 is 5.43. The molecule has 0 radical (unpaired) electrons. The van der Waals surface area contributed by atoms with E-state index in [4.69, 9.17) is 4.74 Å². The number of carbonyl (C=O) groups is 1. The van der Waals surface area contributed by atoms with Crippen molar-refractivity contribution in [2.45, 2.75) is 50.9 Å². The highest BCUT2D eigenvalue weighted by atomic mass is 16.6. The molecule has 0 aromatic heterocycles. The lowest BCUT2D eigenvalue weighted by Crippen LogP contribution is -2.51. The Morgan fingerprint density at radius 2 is 1.95 bits per heavy atom. The quantitative estimate of drug-likeness (QED) is 0.773. The number of nitrogens with one attached hydrogen (secondary N) is 1. The summed E-state index contributed by atoms with van der Waals surface area (Å²) in [5.41, 5.74) is 1.38. The molecule has 2 aliphatic rings. The Bertz CT molecular complexity index is 572. The highest BCUT2D eigenvalue weighted by molar-refractivity contribution is 5.69. The van der Waals surface area contributed by atoms with E-state index in [9.17, 15) is 9.90 Å². The van der Waals surface area contributed by atoms with Gasteiger partial charge in [0.1, 0.15) is 11.8 Å². The molecule has 0 bridgehead atoms. The van der Waals surface area contributed by atoms with Gasteiger partial charge in [-0.1, -0.05) is 18.2 Å². The average molecular weight is 304 g/mol. The summed E-state index contributed by atoms with van der Waals surface area (Å²) in [7, 11) is 0. The third-order valence-electron chi connectivity index (χ3n) is 4.59.